The molecule has 1 amide bonds. The van der Waals surface area contributed by atoms with Crippen LogP contribution in [-0.2, 0) is 14.3 Å². The molecule has 6 heteroatoms. The SMILES string of the molecule is CCCC/C=C\C/C=C\CCCCCCCCC(=O)OCC(C(=O)NCCCCCCCC/C=C\C/C=C\CCCCC)N1CC(CCO)C1. The van der Waals surface area contributed by atoms with E-state index in [0.29, 0.717) is 18.9 Å². The molecule has 6 nitrogen and oxygen atoms in total. The van der Waals surface area contributed by atoms with Crippen LogP contribution in [0.3, 0.4) is 0 Å². The molecule has 1 aliphatic rings. The molecule has 1 unspecified atom stereocenters. The van der Waals surface area contributed by atoms with Gasteiger partial charge < -0.3 is 15.2 Å². The van der Waals surface area contributed by atoms with E-state index in [2.05, 4.69) is 72.7 Å². The predicted octanol–water partition coefficient (Wildman–Crippen LogP) is 11.0. The van der Waals surface area contributed by atoms with Crippen molar-refractivity contribution >= 4 is 11.9 Å². The van der Waals surface area contributed by atoms with E-state index >= 15 is 0 Å². The minimum Gasteiger partial charge on any atom is -0.463 e. The van der Waals surface area contributed by atoms with Gasteiger partial charge in [0.05, 0.1) is 0 Å². The number of carbonyl (C=O) groups excluding carboxylic acids is 2. The first-order valence-corrected chi connectivity index (χ1v) is 21.0. The highest BCUT2D eigenvalue weighted by molar-refractivity contribution is 5.82. The maximum absolute atomic E-state index is 13.1. The first-order valence-electron chi connectivity index (χ1n) is 21.0. The number of aliphatic hydroxyl groups excluding tert-OH is 1. The summed E-state index contributed by atoms with van der Waals surface area (Å²) < 4.78 is 5.62. The summed E-state index contributed by atoms with van der Waals surface area (Å²) in [6, 6.07) is -0.440. The Bertz CT molecular complexity index is 906. The van der Waals surface area contributed by atoms with Crippen molar-refractivity contribution in [3.63, 3.8) is 0 Å². The molecular formula is C44H78N2O4. The number of rotatable bonds is 35. The van der Waals surface area contributed by atoms with Crippen LogP contribution in [0.2, 0.25) is 0 Å². The first kappa shape index (κ1) is 45.8. The van der Waals surface area contributed by atoms with E-state index in [0.717, 1.165) is 77.3 Å². The molecule has 0 aromatic heterocycles. The molecule has 2 N–H and O–H groups in total. The number of hydrogen-bond acceptors (Lipinski definition) is 5. The molecule has 0 aliphatic carbocycles. The monoisotopic (exact) mass is 699 g/mol. The first-order chi connectivity index (χ1) is 24.6. The number of amides is 1. The normalized spacial score (nSPS) is 14.8. The van der Waals surface area contributed by atoms with Gasteiger partial charge in [0.1, 0.15) is 12.6 Å². The minimum absolute atomic E-state index is 0.0406. The summed E-state index contributed by atoms with van der Waals surface area (Å²) in [5, 5.41) is 12.4. The van der Waals surface area contributed by atoms with Gasteiger partial charge in [-0.25, -0.2) is 0 Å². The summed E-state index contributed by atoms with van der Waals surface area (Å²) in [6.45, 7) is 6.97. The van der Waals surface area contributed by atoms with Crippen molar-refractivity contribution in [2.45, 2.75) is 180 Å². The largest absolute Gasteiger partial charge is 0.463 e. The van der Waals surface area contributed by atoms with E-state index in [1.807, 2.05) is 0 Å². The number of hydrogen-bond donors (Lipinski definition) is 2. The summed E-state index contributed by atoms with van der Waals surface area (Å²) >= 11 is 0. The average molecular weight is 699 g/mol. The van der Waals surface area contributed by atoms with Crippen LogP contribution in [-0.4, -0.2) is 60.8 Å². The molecule has 1 atom stereocenters. The molecule has 0 aromatic carbocycles. The van der Waals surface area contributed by atoms with E-state index in [1.54, 1.807) is 0 Å². The van der Waals surface area contributed by atoms with Crippen molar-refractivity contribution in [1.29, 1.82) is 0 Å². The van der Waals surface area contributed by atoms with Crippen LogP contribution in [0, 0.1) is 5.92 Å². The van der Waals surface area contributed by atoms with Gasteiger partial charge in [-0.15, -0.1) is 0 Å². The number of aliphatic hydroxyl groups is 1. The molecule has 1 aliphatic heterocycles. The van der Waals surface area contributed by atoms with Gasteiger partial charge in [-0.2, -0.15) is 0 Å². The van der Waals surface area contributed by atoms with Crippen molar-refractivity contribution in [2.75, 3.05) is 32.8 Å². The van der Waals surface area contributed by atoms with Crippen molar-refractivity contribution in [1.82, 2.24) is 10.2 Å². The Morgan fingerprint density at radius 3 is 1.68 bits per heavy atom. The van der Waals surface area contributed by atoms with Gasteiger partial charge in [0, 0.05) is 32.7 Å². The third-order valence-electron chi connectivity index (χ3n) is 9.68. The molecule has 0 bridgehead atoms. The topological polar surface area (TPSA) is 78.9 Å². The number of esters is 1. The van der Waals surface area contributed by atoms with Gasteiger partial charge >= 0.3 is 5.97 Å². The Labute approximate surface area is 308 Å². The molecule has 1 heterocycles. The Morgan fingerprint density at radius 1 is 0.660 bits per heavy atom. The smallest absolute Gasteiger partial charge is 0.305 e. The van der Waals surface area contributed by atoms with Crippen LogP contribution < -0.4 is 5.32 Å². The standard InChI is InChI=1S/C44H78N2O4/c1-3-5-7-9-11-13-15-17-19-21-23-25-27-29-31-33-36-45-44(49)42(46-38-41(39-46)35-37-47)40-50-43(48)34-32-30-28-26-24-22-20-18-16-14-12-10-8-6-4-2/h10-13,16-19,41-42,47H,3-9,14-15,20-40H2,1-2H3,(H,45,49)/b12-10-,13-11-,18-16-,19-17-. The zero-order chi connectivity index (χ0) is 36.2. The zero-order valence-corrected chi connectivity index (χ0v) is 32.6. The van der Waals surface area contributed by atoms with Crippen molar-refractivity contribution in [2.24, 2.45) is 5.92 Å². The van der Waals surface area contributed by atoms with Crippen molar-refractivity contribution in [3.05, 3.63) is 48.6 Å². The number of nitrogens with zero attached hydrogens (tertiary/aromatic N) is 1. The molecule has 0 saturated carbocycles. The lowest BCUT2D eigenvalue weighted by Crippen LogP contribution is -2.59. The second-order valence-electron chi connectivity index (χ2n) is 14.4. The van der Waals surface area contributed by atoms with Crippen LogP contribution in [0.4, 0.5) is 0 Å². The van der Waals surface area contributed by atoms with Gasteiger partial charge in [-0.1, -0.05) is 140 Å². The van der Waals surface area contributed by atoms with Gasteiger partial charge in [0.25, 0.3) is 0 Å². The van der Waals surface area contributed by atoms with Crippen molar-refractivity contribution in [3.8, 4) is 0 Å². The highest BCUT2D eigenvalue weighted by Gasteiger charge is 2.36. The fraction of sp³-hybridized carbons (Fsp3) is 0.773. The van der Waals surface area contributed by atoms with Gasteiger partial charge in [-0.05, 0) is 83.0 Å². The van der Waals surface area contributed by atoms with Crippen LogP contribution in [0.1, 0.15) is 174 Å². The maximum Gasteiger partial charge on any atom is 0.305 e. The van der Waals surface area contributed by atoms with E-state index in [-0.39, 0.29) is 25.1 Å². The number of unbranched alkanes of at least 4 members (excludes halogenated alkanes) is 17. The molecule has 50 heavy (non-hydrogen) atoms. The molecule has 0 aromatic rings. The van der Waals surface area contributed by atoms with E-state index in [9.17, 15) is 14.7 Å². The molecule has 1 rings (SSSR count). The average Bonchev–Trinajstić information content (AvgIpc) is 3.10. The van der Waals surface area contributed by atoms with E-state index in [1.165, 1.54) is 89.9 Å². The summed E-state index contributed by atoms with van der Waals surface area (Å²) in [7, 11) is 0. The summed E-state index contributed by atoms with van der Waals surface area (Å²) in [4.78, 5) is 27.7. The number of ether oxygens (including phenoxy) is 1. The van der Waals surface area contributed by atoms with Crippen molar-refractivity contribution < 1.29 is 19.4 Å². The number of nitrogens with one attached hydrogen (secondary N) is 1. The van der Waals surface area contributed by atoms with Crippen LogP contribution in [0.25, 0.3) is 0 Å². The number of likely N-dealkylation sites (tertiary alicyclic amines) is 1. The van der Waals surface area contributed by atoms with Gasteiger partial charge in [0.2, 0.25) is 5.91 Å². The Kier molecular flexibility index (Phi) is 32.3. The summed E-state index contributed by atoms with van der Waals surface area (Å²) in [6.07, 6.45) is 46.6. The molecule has 288 valence electrons. The Hall–Kier alpha value is -2.18. The maximum atomic E-state index is 13.1. The quantitative estimate of drug-likeness (QED) is 0.0391. The fourth-order valence-corrected chi connectivity index (χ4v) is 6.33. The third-order valence-corrected chi connectivity index (χ3v) is 9.68. The molecule has 1 fully saturated rings. The fourth-order valence-electron chi connectivity index (χ4n) is 6.33. The summed E-state index contributed by atoms with van der Waals surface area (Å²) in [5.41, 5.74) is 0. The Balaban J connectivity index is 2.13. The molecule has 1 saturated heterocycles. The highest BCUT2D eigenvalue weighted by Crippen LogP contribution is 2.22. The minimum atomic E-state index is -0.440. The Morgan fingerprint density at radius 2 is 1.14 bits per heavy atom. The molecule has 0 spiro atoms. The highest BCUT2D eigenvalue weighted by atomic mass is 16.5. The summed E-state index contributed by atoms with van der Waals surface area (Å²) in [5.74, 6) is 0.169. The van der Waals surface area contributed by atoms with Crippen LogP contribution in [0.5, 0.6) is 0 Å². The second kappa shape index (κ2) is 35.2. The van der Waals surface area contributed by atoms with Gasteiger partial charge in [0.15, 0.2) is 0 Å². The lowest BCUT2D eigenvalue weighted by molar-refractivity contribution is -0.149. The number of carbonyl (C=O) groups is 2. The lowest BCUT2D eigenvalue weighted by Gasteiger charge is -2.43. The van der Waals surface area contributed by atoms with E-state index < -0.39 is 6.04 Å². The molecule has 0 radical (unpaired) electrons. The van der Waals surface area contributed by atoms with Crippen LogP contribution in [0.15, 0.2) is 48.6 Å². The number of allylic oxidation sites excluding steroid dienone is 8. The lowest BCUT2D eigenvalue weighted by atomic mass is 9.94. The van der Waals surface area contributed by atoms with Crippen LogP contribution >= 0.6 is 0 Å². The zero-order valence-electron chi connectivity index (χ0n) is 32.6. The molecular weight excluding hydrogens is 620 g/mol. The van der Waals surface area contributed by atoms with Gasteiger partial charge in [-0.3, -0.25) is 14.5 Å². The second-order valence-corrected chi connectivity index (χ2v) is 14.4. The predicted molar refractivity (Wildman–Crippen MR) is 213 cm³/mol. The third kappa shape index (κ3) is 27.5. The van der Waals surface area contributed by atoms with E-state index in [4.69, 9.17) is 4.74 Å².